The van der Waals surface area contributed by atoms with Gasteiger partial charge in [-0.1, -0.05) is 127 Å². The highest BCUT2D eigenvalue weighted by atomic mass is 32.1. The summed E-state index contributed by atoms with van der Waals surface area (Å²) < 4.78 is 6.19. The highest BCUT2D eigenvalue weighted by Crippen LogP contribution is 2.50. The normalized spacial score (nSPS) is 12.3. The fraction of sp³-hybridized carbons (Fsp3) is 0. The molecule has 0 spiro atoms. The molecule has 0 amide bonds. The van der Waals surface area contributed by atoms with Crippen molar-refractivity contribution in [1.82, 2.24) is 14.5 Å². The van der Waals surface area contributed by atoms with Gasteiger partial charge in [-0.25, -0.2) is 9.97 Å². The van der Waals surface area contributed by atoms with Crippen molar-refractivity contribution in [1.29, 1.82) is 0 Å². The van der Waals surface area contributed by atoms with Crippen LogP contribution in [-0.2, 0) is 0 Å². The second kappa shape index (κ2) is 10.2. The Bertz CT molecular complexity index is 3440. The van der Waals surface area contributed by atoms with Crippen molar-refractivity contribution in [2.24, 2.45) is 0 Å². The fourth-order valence-electron chi connectivity index (χ4n) is 8.36. The monoisotopic (exact) mass is 683 g/mol. The summed E-state index contributed by atoms with van der Waals surface area (Å²) in [4.78, 5) is 12.1. The Labute approximate surface area is 299 Å². The van der Waals surface area contributed by atoms with Gasteiger partial charge in [-0.3, -0.25) is 4.57 Å². The molecule has 0 aliphatic carbocycles. The third-order valence-electron chi connectivity index (χ3n) is 10.6. The predicted octanol–water partition coefficient (Wildman–Crippen LogP) is 13.4. The maximum absolute atomic E-state index is 5.67. The van der Waals surface area contributed by atoms with E-state index in [2.05, 4.69) is 156 Å². The molecule has 12 aromatic rings. The van der Waals surface area contributed by atoms with Crippen molar-refractivity contribution >= 4 is 117 Å². The van der Waals surface area contributed by atoms with Crippen LogP contribution in [0.25, 0.3) is 112 Å². The van der Waals surface area contributed by atoms with Crippen molar-refractivity contribution in [3.8, 4) is 17.1 Å². The molecule has 0 saturated heterocycles. The Balaban J connectivity index is 1.33. The van der Waals surface area contributed by atoms with Crippen molar-refractivity contribution in [3.05, 3.63) is 152 Å². The molecule has 0 unspecified atom stereocenters. The van der Waals surface area contributed by atoms with Crippen LogP contribution in [0.4, 0.5) is 0 Å². The summed E-state index contributed by atoms with van der Waals surface area (Å²) >= 11 is 3.60. The highest BCUT2D eigenvalue weighted by Gasteiger charge is 2.26. The summed E-state index contributed by atoms with van der Waals surface area (Å²) in [7, 11) is 0. The number of fused-ring (bicyclic) bond motifs is 16. The average Bonchev–Trinajstić information content (AvgIpc) is 3.87. The molecule has 236 valence electrons. The number of benzene rings is 8. The van der Waals surface area contributed by atoms with Crippen LogP contribution >= 0.6 is 22.7 Å². The molecule has 0 N–H and O–H groups in total. The molecule has 51 heavy (non-hydrogen) atoms. The van der Waals surface area contributed by atoms with Crippen molar-refractivity contribution in [2.45, 2.75) is 0 Å². The molecular weight excluding hydrogens is 659 g/mol. The summed E-state index contributed by atoms with van der Waals surface area (Å²) in [5.41, 5.74) is 5.20. The Morgan fingerprint density at radius 1 is 0.451 bits per heavy atom. The minimum absolute atomic E-state index is 0.853. The molecule has 8 aromatic carbocycles. The molecule has 0 fully saturated rings. The first-order valence-corrected chi connectivity index (χ1v) is 18.8. The molecular formula is C46H25N3S2. The standard InChI is InChI=1S/C46H25N3S2/c1-2-13-28-25-29(22-21-26(28)11-1)41-45(47-42-34-18-8-10-20-36(34)51-46(42)48-41)49-35-19-9-7-17-33(35)38-31-15-5-6-16-32(31)40-39-30-14-4-3-12-27(30)23-24-37(39)50-44(40)43(38)49/h1-25H. The van der Waals surface area contributed by atoms with E-state index in [0.29, 0.717) is 0 Å². The second-order valence-electron chi connectivity index (χ2n) is 13.3. The van der Waals surface area contributed by atoms with Gasteiger partial charge in [0.2, 0.25) is 0 Å². The van der Waals surface area contributed by atoms with Crippen LogP contribution in [0.2, 0.25) is 0 Å². The number of nitrogens with zero attached hydrogens (tertiary/aromatic N) is 3. The van der Waals surface area contributed by atoms with E-state index < -0.39 is 0 Å². The smallest absolute Gasteiger partial charge is 0.165 e. The van der Waals surface area contributed by atoms with E-state index in [1.54, 1.807) is 11.3 Å². The molecule has 0 aliphatic heterocycles. The molecule has 5 heteroatoms. The van der Waals surface area contributed by atoms with Gasteiger partial charge in [-0.05, 0) is 56.6 Å². The van der Waals surface area contributed by atoms with Gasteiger partial charge in [0.05, 0.1) is 15.7 Å². The van der Waals surface area contributed by atoms with Gasteiger partial charge in [0.15, 0.2) is 5.82 Å². The molecule has 4 heterocycles. The lowest BCUT2D eigenvalue weighted by Gasteiger charge is -2.14. The zero-order valence-electron chi connectivity index (χ0n) is 27.1. The number of hydrogen-bond acceptors (Lipinski definition) is 4. The fourth-order valence-corrected chi connectivity index (χ4v) is 10.7. The molecule has 0 atom stereocenters. The molecule has 0 bridgehead atoms. The third-order valence-corrected chi connectivity index (χ3v) is 12.8. The number of hydrogen-bond donors (Lipinski definition) is 0. The Morgan fingerprint density at radius 2 is 1.12 bits per heavy atom. The van der Waals surface area contributed by atoms with Gasteiger partial charge >= 0.3 is 0 Å². The van der Waals surface area contributed by atoms with Crippen LogP contribution in [0.1, 0.15) is 0 Å². The lowest BCUT2D eigenvalue weighted by atomic mass is 9.96. The van der Waals surface area contributed by atoms with E-state index in [4.69, 9.17) is 9.97 Å². The van der Waals surface area contributed by atoms with E-state index in [1.165, 1.54) is 73.5 Å². The first-order chi connectivity index (χ1) is 25.3. The zero-order valence-corrected chi connectivity index (χ0v) is 28.7. The molecule has 12 rings (SSSR count). The van der Waals surface area contributed by atoms with E-state index in [-0.39, 0.29) is 0 Å². The first-order valence-electron chi connectivity index (χ1n) is 17.2. The minimum Gasteiger partial charge on any atom is -0.290 e. The van der Waals surface area contributed by atoms with Crippen LogP contribution in [0.5, 0.6) is 0 Å². The molecule has 0 aliphatic rings. The van der Waals surface area contributed by atoms with Crippen molar-refractivity contribution in [3.63, 3.8) is 0 Å². The maximum atomic E-state index is 5.67. The van der Waals surface area contributed by atoms with Gasteiger partial charge in [0, 0.05) is 41.9 Å². The van der Waals surface area contributed by atoms with Gasteiger partial charge in [0.1, 0.15) is 16.0 Å². The van der Waals surface area contributed by atoms with Crippen LogP contribution in [0, 0.1) is 0 Å². The van der Waals surface area contributed by atoms with Gasteiger partial charge in [0.25, 0.3) is 0 Å². The Morgan fingerprint density at radius 3 is 1.98 bits per heavy atom. The lowest BCUT2D eigenvalue weighted by Crippen LogP contribution is -2.03. The average molecular weight is 684 g/mol. The highest BCUT2D eigenvalue weighted by molar-refractivity contribution is 7.27. The summed E-state index contributed by atoms with van der Waals surface area (Å²) in [5.74, 6) is 0.853. The van der Waals surface area contributed by atoms with Gasteiger partial charge in [-0.2, -0.15) is 0 Å². The number of rotatable bonds is 2. The number of thiophene rings is 2. The summed E-state index contributed by atoms with van der Waals surface area (Å²) in [6, 6.07) is 55.0. The molecule has 0 radical (unpaired) electrons. The Hall–Kier alpha value is -6.14. The maximum Gasteiger partial charge on any atom is 0.165 e. The molecule has 3 nitrogen and oxygen atoms in total. The van der Waals surface area contributed by atoms with Crippen LogP contribution in [0.15, 0.2) is 152 Å². The largest absolute Gasteiger partial charge is 0.290 e. The van der Waals surface area contributed by atoms with Crippen LogP contribution < -0.4 is 0 Å². The topological polar surface area (TPSA) is 30.7 Å². The summed E-state index contributed by atoms with van der Waals surface area (Å²) in [6.45, 7) is 0. The third kappa shape index (κ3) is 3.77. The van der Waals surface area contributed by atoms with Crippen LogP contribution in [-0.4, -0.2) is 14.5 Å². The summed E-state index contributed by atoms with van der Waals surface area (Å²) in [6.07, 6.45) is 0. The number of aromatic nitrogens is 3. The Kier molecular flexibility index (Phi) is 5.53. The number of para-hydroxylation sites is 1. The summed E-state index contributed by atoms with van der Waals surface area (Å²) in [5, 5.41) is 13.7. The molecule has 0 saturated carbocycles. The van der Waals surface area contributed by atoms with Crippen molar-refractivity contribution < 1.29 is 0 Å². The predicted molar refractivity (Wildman–Crippen MR) is 220 cm³/mol. The quantitative estimate of drug-likeness (QED) is 0.182. The molecule has 4 aromatic heterocycles. The van der Waals surface area contributed by atoms with Gasteiger partial charge in [-0.15, -0.1) is 22.7 Å². The first kappa shape index (κ1) is 27.7. The zero-order chi connectivity index (χ0) is 33.2. The van der Waals surface area contributed by atoms with Crippen LogP contribution in [0.3, 0.4) is 0 Å². The SMILES string of the molecule is c1ccc2cc(-c3nc4sc5ccccc5c4nc3-n3c4ccccc4c4c5ccccc5c5c(sc6ccc7ccccc7c65)c43)ccc2c1. The van der Waals surface area contributed by atoms with E-state index in [0.717, 1.165) is 38.3 Å². The van der Waals surface area contributed by atoms with E-state index in [1.807, 2.05) is 11.3 Å². The van der Waals surface area contributed by atoms with E-state index in [9.17, 15) is 0 Å². The van der Waals surface area contributed by atoms with Crippen molar-refractivity contribution in [2.75, 3.05) is 0 Å². The van der Waals surface area contributed by atoms with E-state index >= 15 is 0 Å². The van der Waals surface area contributed by atoms with Gasteiger partial charge < -0.3 is 0 Å². The minimum atomic E-state index is 0.853. The second-order valence-corrected chi connectivity index (χ2v) is 15.4. The lowest BCUT2D eigenvalue weighted by molar-refractivity contribution is 1.09.